The Morgan fingerprint density at radius 1 is 0.333 bits per heavy atom. The summed E-state index contributed by atoms with van der Waals surface area (Å²) in [4.78, 5) is 88.0. The average molecular weight is 1290 g/mol. The van der Waals surface area contributed by atoms with Crippen LogP contribution in [0.15, 0.2) is 30.3 Å². The van der Waals surface area contributed by atoms with E-state index in [-0.39, 0.29) is 36.3 Å². The van der Waals surface area contributed by atoms with Gasteiger partial charge in [-0.05, 0) is 127 Å². The van der Waals surface area contributed by atoms with E-state index >= 15 is 0 Å². The van der Waals surface area contributed by atoms with Crippen LogP contribution in [0, 0.1) is 23.7 Å². The quantitative estimate of drug-likeness (QED) is 0.126. The Balaban J connectivity index is -0.0000000122. The smallest absolute Gasteiger partial charge is 0.106 e. The average Bonchev–Trinajstić information content (AvgIpc) is 3.59. The van der Waals surface area contributed by atoms with E-state index in [1.165, 1.54) is 80.6 Å². The van der Waals surface area contributed by atoms with Gasteiger partial charge in [0.1, 0.15) is 74.7 Å². The fourth-order valence-corrected chi connectivity index (χ4v) is 1.15. The topological polar surface area (TPSA) is 539 Å². The molecule has 0 atom stereocenters. The van der Waals surface area contributed by atoms with Gasteiger partial charge in [-0.3, -0.25) is 0 Å². The van der Waals surface area contributed by atoms with Gasteiger partial charge in [-0.25, -0.2) is 0 Å². The molecule has 0 aliphatic rings. The first-order valence-corrected chi connectivity index (χ1v) is 27.4. The second-order valence-electron chi connectivity index (χ2n) is 12.7. The van der Waals surface area contributed by atoms with E-state index in [9.17, 15) is 0 Å². The zero-order valence-corrected chi connectivity index (χ0v) is 65.0. The van der Waals surface area contributed by atoms with Gasteiger partial charge in [-0.15, -0.1) is 0 Å². The van der Waals surface area contributed by atoms with Crippen LogP contribution in [-0.4, -0.2) is 147 Å². The molecule has 0 saturated heterocycles. The monoisotopic (exact) mass is 1290 g/mol. The highest BCUT2D eigenvalue weighted by Gasteiger charge is 2.06. The van der Waals surface area contributed by atoms with Crippen LogP contribution in [0.4, 0.5) is 0 Å². The number of hydrogen-bond donors (Lipinski definition) is 12. The van der Waals surface area contributed by atoms with Crippen molar-refractivity contribution in [3.8, 4) is 0 Å². The van der Waals surface area contributed by atoms with Crippen molar-refractivity contribution in [2.45, 2.75) is 231 Å². The maximum absolute atomic E-state index is 8.06. The molecule has 0 radical (unpaired) electrons. The molecule has 0 aromatic heterocycles. The van der Waals surface area contributed by atoms with E-state index in [0.29, 0.717) is 0 Å². The summed E-state index contributed by atoms with van der Waals surface area (Å²) in [6, 6.07) is 10.5. The zero-order valence-electron chi connectivity index (χ0n) is 65.0. The highest BCUT2D eigenvalue weighted by atomic mass is 16.5. The molecule has 0 heterocycles. The van der Waals surface area contributed by atoms with Crippen molar-refractivity contribution in [2.75, 3.05) is 55.9 Å². The number of nitrogens with two attached hydrogens (primary N) is 7. The van der Waals surface area contributed by atoms with Crippen molar-refractivity contribution in [3.63, 3.8) is 0 Å². The van der Waals surface area contributed by atoms with Gasteiger partial charge >= 0.3 is 0 Å². The molecule has 27 N–H and O–H groups in total. The minimum Gasteiger partial charge on any atom is -0.394 e. The summed E-state index contributed by atoms with van der Waals surface area (Å²) in [6.45, 7) is 79.2. The number of carbonyl (C=O) groups is 11. The molecule has 0 fully saturated rings. The van der Waals surface area contributed by atoms with Gasteiger partial charge in [0.2, 0.25) is 0 Å². The molecule has 1 aromatic carbocycles. The first-order chi connectivity index (χ1) is 39.8. The van der Waals surface area contributed by atoms with Gasteiger partial charge in [0.25, 0.3) is 0 Å². The number of benzene rings is 1. The largest absolute Gasteiger partial charge is 0.394 e. The van der Waals surface area contributed by atoms with Crippen molar-refractivity contribution in [3.05, 3.63) is 35.9 Å². The SMILES string of the molecule is C=O.C=O.C=O.C=O.C=O.C=O.C=O.C=O.C=O.C=O.C=O.CC.CC.CC.CC.CC(C)O.CCC(C)C.CCC(C)C.CCC(C)C.CCC(C)C.CCOC(C)(C)C.CCc1ccccc1.CN.CN.CN.CN.CN.CN.CN.N.N.N.N. The Labute approximate surface area is 546 Å². The fourth-order valence-electron chi connectivity index (χ4n) is 1.15. The predicted molar refractivity (Wildman–Crippen MR) is 400 cm³/mol. The standard InChI is InChI=1S/C8H10.C6H14O.4C5H12.C3H8O.4C2H6.7CH5N.11CH2O.4H3N/c1-2-8-6-4-3-5-7-8;1-5-7-6(2,3)4;4*1-4-5(2)3;1-3(2)4;22*1-2;;;;/h3-7H,2H2,1H3;5H2,1-4H3;4*5H,4H2,1-3H3;3-4H,1-2H3;4*1-2H3;7*2H2,1H3;11*1H2;4*1H3. The molecule has 0 aliphatic carbocycles. The summed E-state index contributed by atoms with van der Waals surface area (Å²) < 4.78 is 5.23. The third kappa shape index (κ3) is 1740. The number of carbonyl (C=O) groups excluding carboxylic acids is 11. The molecule has 87 heavy (non-hydrogen) atoms. The molecular weight excluding hydrogens is 1120 g/mol. The Bertz CT molecular complexity index is 653. The molecule has 0 spiro atoms. The van der Waals surface area contributed by atoms with E-state index in [2.05, 4.69) is 175 Å². The summed E-state index contributed by atoms with van der Waals surface area (Å²) >= 11 is 0. The number of hydrogen-bond acceptors (Lipinski definition) is 24. The summed E-state index contributed by atoms with van der Waals surface area (Å²) in [5.41, 5.74) is 33.0. The van der Waals surface area contributed by atoms with Gasteiger partial charge in [0.15, 0.2) is 0 Å². The minimum absolute atomic E-state index is 0. The molecule has 0 bridgehead atoms. The Hall–Kier alpha value is -4.93. The van der Waals surface area contributed by atoms with E-state index in [4.69, 9.17) is 62.6 Å². The van der Waals surface area contributed by atoms with Crippen molar-refractivity contribution >= 4 is 74.7 Å². The Morgan fingerprint density at radius 3 is 0.471 bits per heavy atom. The molecule has 0 unspecified atom stereocenters. The summed E-state index contributed by atoms with van der Waals surface area (Å²) in [5.74, 6) is 3.54. The van der Waals surface area contributed by atoms with E-state index in [0.717, 1.165) is 36.7 Å². The van der Waals surface area contributed by atoms with Crippen molar-refractivity contribution < 1.29 is 62.6 Å². The highest BCUT2D eigenvalue weighted by Crippen LogP contribution is 2.04. The summed E-state index contributed by atoms with van der Waals surface area (Å²) in [5, 5.41) is 8.06. The third-order valence-corrected chi connectivity index (χ3v) is 5.09. The predicted octanol–water partition coefficient (Wildman–Crippen LogP) is 12.4. The van der Waals surface area contributed by atoms with Crippen molar-refractivity contribution in [2.24, 2.45) is 63.8 Å². The second-order valence-corrected chi connectivity index (χ2v) is 12.7. The van der Waals surface area contributed by atoms with Crippen LogP contribution >= 0.6 is 0 Å². The molecule has 24 heteroatoms. The van der Waals surface area contributed by atoms with Gasteiger partial charge in [-0.2, -0.15) is 0 Å². The molecule has 0 aliphatic heterocycles. The lowest BCUT2D eigenvalue weighted by Crippen LogP contribution is -2.18. The third-order valence-electron chi connectivity index (χ3n) is 5.09. The number of aryl methyl sites for hydroxylation is 1. The van der Waals surface area contributed by atoms with Crippen molar-refractivity contribution in [1.29, 1.82) is 0 Å². The van der Waals surface area contributed by atoms with E-state index in [1.54, 1.807) is 13.8 Å². The van der Waals surface area contributed by atoms with Crippen molar-refractivity contribution in [1.82, 2.24) is 24.6 Å². The normalized spacial score (nSPS) is 5.69. The van der Waals surface area contributed by atoms with E-state index in [1.807, 2.05) is 143 Å². The van der Waals surface area contributed by atoms with Gasteiger partial charge < -0.3 is 127 Å². The van der Waals surface area contributed by atoms with Crippen LogP contribution in [0.25, 0.3) is 0 Å². The zero-order chi connectivity index (χ0) is 76.4. The maximum atomic E-state index is 8.06. The number of rotatable bonds is 6. The van der Waals surface area contributed by atoms with Crippen LogP contribution in [0.3, 0.4) is 0 Å². The second kappa shape index (κ2) is 538. The van der Waals surface area contributed by atoms with Gasteiger partial charge in [0.05, 0.1) is 5.60 Å². The maximum Gasteiger partial charge on any atom is 0.106 e. The van der Waals surface area contributed by atoms with E-state index < -0.39 is 0 Å². The van der Waals surface area contributed by atoms with Crippen LogP contribution in [0.5, 0.6) is 0 Å². The Morgan fingerprint density at radius 2 is 0.437 bits per heavy atom. The minimum atomic E-state index is -0.167. The first-order valence-electron chi connectivity index (χ1n) is 27.4. The first kappa shape index (κ1) is 215. The van der Waals surface area contributed by atoms with Crippen LogP contribution in [0.1, 0.15) is 218 Å². The lowest BCUT2D eigenvalue weighted by molar-refractivity contribution is -0.0987. The highest BCUT2D eigenvalue weighted by molar-refractivity contribution is 5.14. The Kier molecular flexibility index (Phi) is 1330. The number of ether oxygens (including phenoxy) is 1. The molecule has 558 valence electrons. The molecule has 24 nitrogen and oxygen atoms in total. The molecule has 1 rings (SSSR count). The lowest BCUT2D eigenvalue weighted by Gasteiger charge is -2.17. The van der Waals surface area contributed by atoms with Crippen LogP contribution in [-0.2, 0) is 63.9 Å². The van der Waals surface area contributed by atoms with Crippen LogP contribution in [0.2, 0.25) is 0 Å². The fraction of sp³-hybridized carbons (Fsp3) is 0.730. The lowest BCUT2D eigenvalue weighted by atomic mass is 10.2. The molecule has 1 aromatic rings. The molecule has 0 amide bonds. The summed E-state index contributed by atoms with van der Waals surface area (Å²) in [6.07, 6.45) is 6.20. The van der Waals surface area contributed by atoms with Gasteiger partial charge in [-0.1, -0.05) is 201 Å². The number of aliphatic hydroxyl groups is 1. The van der Waals surface area contributed by atoms with Gasteiger partial charge in [0, 0.05) is 12.7 Å². The molecule has 0 saturated carbocycles. The number of aliphatic hydroxyl groups excluding tert-OH is 1. The van der Waals surface area contributed by atoms with Crippen LogP contribution < -0.4 is 64.7 Å². The summed E-state index contributed by atoms with van der Waals surface area (Å²) in [7, 11) is 10.5. The molecular formula is C63H173N11O13.